The molecular formula is C22H18ClFN6O2. The first-order chi connectivity index (χ1) is 15.3. The number of aromatic nitrogens is 4. The summed E-state index contributed by atoms with van der Waals surface area (Å²) in [4.78, 5) is 30.0. The highest BCUT2D eigenvalue weighted by Gasteiger charge is 2.28. The normalized spacial score (nSPS) is 13.4. The lowest BCUT2D eigenvalue weighted by atomic mass is 10.1. The molecule has 0 spiro atoms. The van der Waals surface area contributed by atoms with Crippen molar-refractivity contribution < 1.29 is 4.39 Å². The maximum absolute atomic E-state index is 14.4. The van der Waals surface area contributed by atoms with Gasteiger partial charge in [-0.3, -0.25) is 18.5 Å². The molecule has 0 amide bonds. The summed E-state index contributed by atoms with van der Waals surface area (Å²) < 4.78 is 18.5. The number of aryl methyl sites for hydroxylation is 1. The molecule has 2 aromatic heterocycles. The summed E-state index contributed by atoms with van der Waals surface area (Å²) in [5.74, 6) is -0.00782. The molecule has 0 bridgehead atoms. The highest BCUT2D eigenvalue weighted by molar-refractivity contribution is 6.30. The molecule has 2 aromatic carbocycles. The number of rotatable bonds is 3. The quantitative estimate of drug-likeness (QED) is 0.479. The third kappa shape index (κ3) is 3.13. The number of halogens is 2. The third-order valence-corrected chi connectivity index (χ3v) is 5.82. The average molecular weight is 453 g/mol. The minimum Gasteiger partial charge on any atom is -0.297 e. The van der Waals surface area contributed by atoms with E-state index in [2.05, 4.69) is 4.98 Å². The number of anilines is 1. The molecule has 0 atom stereocenters. The van der Waals surface area contributed by atoms with Gasteiger partial charge in [-0.2, -0.15) is 10.1 Å². The second kappa shape index (κ2) is 7.45. The van der Waals surface area contributed by atoms with E-state index >= 15 is 0 Å². The first-order valence-corrected chi connectivity index (χ1v) is 10.2. The molecule has 5 rings (SSSR count). The van der Waals surface area contributed by atoms with E-state index in [4.69, 9.17) is 16.7 Å². The van der Waals surface area contributed by atoms with Crippen LogP contribution in [0.2, 0.25) is 5.02 Å². The molecule has 0 radical (unpaired) electrons. The Balaban J connectivity index is 1.74. The minimum absolute atomic E-state index is 0.0986. The first-order valence-electron chi connectivity index (χ1n) is 9.85. The van der Waals surface area contributed by atoms with Gasteiger partial charge in [0.15, 0.2) is 11.2 Å². The topological polar surface area (TPSA) is 77.4 Å². The summed E-state index contributed by atoms with van der Waals surface area (Å²) in [5, 5.41) is 6.86. The van der Waals surface area contributed by atoms with E-state index in [1.165, 1.54) is 17.7 Å². The van der Waals surface area contributed by atoms with Crippen LogP contribution >= 0.6 is 11.6 Å². The standard InChI is InChI=1S/C22H18ClFN6O2/c1-27-19-18(20(31)28(2)22(27)32)29-12-17(13-7-9-15(23)10-8-13)26-30(21(29)25-19)11-14-5-3-4-6-16(14)24/h3-10H,11-12H2,1-2H3. The van der Waals surface area contributed by atoms with Crippen LogP contribution < -0.4 is 16.3 Å². The molecule has 0 saturated heterocycles. The van der Waals surface area contributed by atoms with E-state index in [1.54, 1.807) is 47.0 Å². The molecule has 162 valence electrons. The average Bonchev–Trinajstić information content (AvgIpc) is 3.18. The SMILES string of the molecule is Cn1c(=O)c2c(nc3n2CC(c2ccc(Cl)cc2)=NN3Cc2ccccc2F)n(C)c1=O. The van der Waals surface area contributed by atoms with Crippen molar-refractivity contribution >= 4 is 34.4 Å². The maximum Gasteiger partial charge on any atom is 0.332 e. The van der Waals surface area contributed by atoms with Crippen LogP contribution in [0.5, 0.6) is 0 Å². The Hall–Kier alpha value is -3.72. The van der Waals surface area contributed by atoms with E-state index in [0.717, 1.165) is 10.1 Å². The van der Waals surface area contributed by atoms with Crippen molar-refractivity contribution in [3.05, 3.63) is 91.3 Å². The molecule has 0 fully saturated rings. The Morgan fingerprint density at radius 2 is 1.75 bits per heavy atom. The van der Waals surface area contributed by atoms with Crippen LogP contribution in [0.3, 0.4) is 0 Å². The molecule has 3 heterocycles. The molecule has 1 aliphatic rings. The number of fused-ring (bicyclic) bond motifs is 3. The van der Waals surface area contributed by atoms with Crippen molar-refractivity contribution in [2.75, 3.05) is 5.01 Å². The van der Waals surface area contributed by atoms with Gasteiger partial charge >= 0.3 is 5.69 Å². The minimum atomic E-state index is -0.475. The van der Waals surface area contributed by atoms with Crippen molar-refractivity contribution in [1.29, 1.82) is 0 Å². The lowest BCUT2D eigenvalue weighted by Crippen LogP contribution is -2.38. The summed E-state index contributed by atoms with van der Waals surface area (Å²) in [5.41, 5.74) is 1.49. The van der Waals surface area contributed by atoms with Crippen LogP contribution in [0.1, 0.15) is 11.1 Å². The van der Waals surface area contributed by atoms with Crippen LogP contribution in [0.4, 0.5) is 10.3 Å². The van der Waals surface area contributed by atoms with Gasteiger partial charge in [0.1, 0.15) is 5.82 Å². The van der Waals surface area contributed by atoms with E-state index in [1.807, 2.05) is 12.1 Å². The van der Waals surface area contributed by atoms with Crippen molar-refractivity contribution in [3.63, 3.8) is 0 Å². The predicted octanol–water partition coefficient (Wildman–Crippen LogP) is 2.65. The van der Waals surface area contributed by atoms with Gasteiger partial charge in [0.2, 0.25) is 5.95 Å². The number of hydrazone groups is 1. The van der Waals surface area contributed by atoms with Gasteiger partial charge in [-0.1, -0.05) is 41.9 Å². The van der Waals surface area contributed by atoms with Crippen LogP contribution in [-0.4, -0.2) is 24.4 Å². The summed E-state index contributed by atoms with van der Waals surface area (Å²) in [6.45, 7) is 0.357. The highest BCUT2D eigenvalue weighted by Crippen LogP contribution is 2.27. The lowest BCUT2D eigenvalue weighted by molar-refractivity contribution is 0.600. The van der Waals surface area contributed by atoms with Crippen LogP contribution in [0, 0.1) is 5.82 Å². The Kier molecular flexibility index (Phi) is 4.70. The molecule has 0 saturated carbocycles. The van der Waals surface area contributed by atoms with Crippen molar-refractivity contribution in [2.24, 2.45) is 19.2 Å². The highest BCUT2D eigenvalue weighted by atomic mass is 35.5. The van der Waals surface area contributed by atoms with Gasteiger partial charge in [-0.25, -0.2) is 14.2 Å². The molecular weight excluding hydrogens is 435 g/mol. The smallest absolute Gasteiger partial charge is 0.297 e. The fraction of sp³-hybridized carbons (Fsp3) is 0.182. The number of hydrogen-bond donors (Lipinski definition) is 0. The number of benzene rings is 2. The van der Waals surface area contributed by atoms with E-state index in [0.29, 0.717) is 22.2 Å². The van der Waals surface area contributed by atoms with Crippen molar-refractivity contribution in [1.82, 2.24) is 18.7 Å². The van der Waals surface area contributed by atoms with Gasteiger partial charge in [0.25, 0.3) is 5.56 Å². The van der Waals surface area contributed by atoms with Gasteiger partial charge in [-0.05, 0) is 23.8 Å². The molecule has 1 aliphatic heterocycles. The number of imidazole rings is 1. The van der Waals surface area contributed by atoms with E-state index in [9.17, 15) is 14.0 Å². The Morgan fingerprint density at radius 3 is 2.47 bits per heavy atom. The van der Waals surface area contributed by atoms with Gasteiger partial charge < -0.3 is 0 Å². The van der Waals surface area contributed by atoms with Crippen molar-refractivity contribution in [2.45, 2.75) is 13.1 Å². The summed E-state index contributed by atoms with van der Waals surface area (Å²) in [6.07, 6.45) is 0. The Labute approximate surface area is 186 Å². The lowest BCUT2D eigenvalue weighted by Gasteiger charge is -2.26. The first kappa shape index (κ1) is 20.2. The second-order valence-electron chi connectivity index (χ2n) is 7.58. The zero-order valence-electron chi connectivity index (χ0n) is 17.3. The van der Waals surface area contributed by atoms with Crippen molar-refractivity contribution in [3.8, 4) is 0 Å². The van der Waals surface area contributed by atoms with E-state index in [-0.39, 0.29) is 30.1 Å². The molecule has 4 aromatic rings. The van der Waals surface area contributed by atoms with Crippen LogP contribution in [0.25, 0.3) is 11.2 Å². The van der Waals surface area contributed by atoms with Gasteiger partial charge in [-0.15, -0.1) is 0 Å². The number of hydrogen-bond acceptors (Lipinski definition) is 5. The maximum atomic E-state index is 14.4. The fourth-order valence-corrected chi connectivity index (χ4v) is 3.96. The van der Waals surface area contributed by atoms with Gasteiger partial charge in [0, 0.05) is 24.7 Å². The Morgan fingerprint density at radius 1 is 1.03 bits per heavy atom. The largest absolute Gasteiger partial charge is 0.332 e. The Bertz CT molecular complexity index is 1520. The molecule has 0 unspecified atom stereocenters. The summed E-state index contributed by atoms with van der Waals surface area (Å²) in [7, 11) is 2.99. The fourth-order valence-electron chi connectivity index (χ4n) is 3.84. The zero-order valence-corrected chi connectivity index (χ0v) is 18.0. The molecule has 8 nitrogen and oxygen atoms in total. The van der Waals surface area contributed by atoms with Crippen LogP contribution in [-0.2, 0) is 27.2 Å². The molecule has 32 heavy (non-hydrogen) atoms. The van der Waals surface area contributed by atoms with Crippen LogP contribution in [0.15, 0.2) is 63.2 Å². The number of nitrogens with zero attached hydrogens (tertiary/aromatic N) is 6. The third-order valence-electron chi connectivity index (χ3n) is 5.56. The zero-order chi connectivity index (χ0) is 22.6. The predicted molar refractivity (Wildman–Crippen MR) is 121 cm³/mol. The molecule has 0 aliphatic carbocycles. The van der Waals surface area contributed by atoms with E-state index < -0.39 is 11.2 Å². The summed E-state index contributed by atoms with van der Waals surface area (Å²) >= 11 is 6.03. The second-order valence-corrected chi connectivity index (χ2v) is 8.02. The molecule has 0 N–H and O–H groups in total. The molecule has 10 heteroatoms. The van der Waals surface area contributed by atoms with Gasteiger partial charge in [0.05, 0.1) is 18.8 Å². The monoisotopic (exact) mass is 452 g/mol. The summed E-state index contributed by atoms with van der Waals surface area (Å²) in [6, 6.07) is 13.6.